The van der Waals surface area contributed by atoms with E-state index in [-0.39, 0.29) is 0 Å². The number of piperazine rings is 1. The summed E-state index contributed by atoms with van der Waals surface area (Å²) in [5.74, 6) is 1.94. The van der Waals surface area contributed by atoms with Crippen LogP contribution in [0.25, 0.3) is 0 Å². The highest BCUT2D eigenvalue weighted by molar-refractivity contribution is 7.99. The zero-order valence-electron chi connectivity index (χ0n) is 17.7. The van der Waals surface area contributed by atoms with Gasteiger partial charge in [-0.2, -0.15) is 0 Å². The third kappa shape index (κ3) is 6.14. The normalized spacial score (nSPS) is 16.0. The number of rotatable bonds is 10. The lowest BCUT2D eigenvalue weighted by atomic mass is 10.0. The van der Waals surface area contributed by atoms with E-state index >= 15 is 0 Å². The first kappa shape index (κ1) is 22.0. The van der Waals surface area contributed by atoms with E-state index in [1.54, 1.807) is 7.11 Å². The van der Waals surface area contributed by atoms with Crippen molar-refractivity contribution < 1.29 is 9.84 Å². The van der Waals surface area contributed by atoms with E-state index in [0.29, 0.717) is 0 Å². The molecule has 1 fully saturated rings. The fraction of sp³-hybridized carbons (Fsp3) is 0.500. The SMILES string of the molecule is CCCSc1ccccc1N1CCN(CCCC(O)c2ccccc2OC)CC1. The van der Waals surface area contributed by atoms with Gasteiger partial charge in [-0.15, -0.1) is 11.8 Å². The molecule has 0 saturated carbocycles. The summed E-state index contributed by atoms with van der Waals surface area (Å²) in [6, 6.07) is 16.6. The standard InChI is InChI=1S/C24H34N2O2S/c1-3-19-29-24-13-7-5-10-21(24)26-17-15-25(16-18-26)14-8-11-22(27)20-9-4-6-12-23(20)28-2/h4-7,9-10,12-13,22,27H,3,8,11,14-19H2,1-2H3. The molecule has 0 aliphatic carbocycles. The van der Waals surface area contributed by atoms with Crippen LogP contribution in [0.1, 0.15) is 37.9 Å². The Balaban J connectivity index is 1.45. The maximum absolute atomic E-state index is 10.5. The van der Waals surface area contributed by atoms with Gasteiger partial charge in [0.25, 0.3) is 0 Å². The number of aliphatic hydroxyl groups excluding tert-OH is 1. The van der Waals surface area contributed by atoms with Crippen LogP contribution in [0.5, 0.6) is 5.75 Å². The molecular formula is C24H34N2O2S. The van der Waals surface area contributed by atoms with Gasteiger partial charge >= 0.3 is 0 Å². The van der Waals surface area contributed by atoms with E-state index in [0.717, 1.165) is 56.9 Å². The Morgan fingerprint density at radius 2 is 1.76 bits per heavy atom. The van der Waals surface area contributed by atoms with Crippen LogP contribution < -0.4 is 9.64 Å². The molecule has 0 bridgehead atoms. The number of thioether (sulfide) groups is 1. The van der Waals surface area contributed by atoms with Gasteiger partial charge < -0.3 is 14.7 Å². The maximum Gasteiger partial charge on any atom is 0.124 e. The zero-order valence-corrected chi connectivity index (χ0v) is 18.5. The van der Waals surface area contributed by atoms with Crippen LogP contribution in [0.3, 0.4) is 0 Å². The highest BCUT2D eigenvalue weighted by Crippen LogP contribution is 2.31. The van der Waals surface area contributed by atoms with E-state index in [1.807, 2.05) is 36.0 Å². The van der Waals surface area contributed by atoms with Gasteiger partial charge in [0.15, 0.2) is 0 Å². The number of hydrogen-bond donors (Lipinski definition) is 1. The Kier molecular flexibility index (Phi) is 8.71. The first-order chi connectivity index (χ1) is 14.2. The van der Waals surface area contributed by atoms with Gasteiger partial charge in [0.05, 0.1) is 18.9 Å². The van der Waals surface area contributed by atoms with E-state index in [1.165, 1.54) is 22.8 Å². The molecule has 1 unspecified atom stereocenters. The number of ether oxygens (including phenoxy) is 1. The number of nitrogens with zero attached hydrogens (tertiary/aromatic N) is 2. The van der Waals surface area contributed by atoms with Gasteiger partial charge in [-0.1, -0.05) is 37.3 Å². The maximum atomic E-state index is 10.5. The number of hydrogen-bond acceptors (Lipinski definition) is 5. The molecule has 1 N–H and O–H groups in total. The Labute approximate surface area is 179 Å². The quantitative estimate of drug-likeness (QED) is 0.563. The first-order valence-corrected chi connectivity index (χ1v) is 11.7. The Hall–Kier alpha value is -1.69. The van der Waals surface area contributed by atoms with E-state index < -0.39 is 6.10 Å². The van der Waals surface area contributed by atoms with Crippen LogP contribution in [0.2, 0.25) is 0 Å². The third-order valence-electron chi connectivity index (χ3n) is 5.49. The predicted molar refractivity (Wildman–Crippen MR) is 123 cm³/mol. The van der Waals surface area contributed by atoms with Gasteiger partial charge in [0, 0.05) is 36.6 Å². The summed E-state index contributed by atoms with van der Waals surface area (Å²) in [6.45, 7) is 7.57. The van der Waals surface area contributed by atoms with Gasteiger partial charge in [-0.05, 0) is 49.8 Å². The largest absolute Gasteiger partial charge is 0.496 e. The van der Waals surface area contributed by atoms with Gasteiger partial charge in [-0.25, -0.2) is 0 Å². The minimum Gasteiger partial charge on any atom is -0.496 e. The third-order valence-corrected chi connectivity index (χ3v) is 6.76. The van der Waals surface area contributed by atoms with Crippen molar-refractivity contribution in [2.45, 2.75) is 37.2 Å². The number of anilines is 1. The predicted octanol–water partition coefficient (Wildman–Crippen LogP) is 4.83. The van der Waals surface area contributed by atoms with E-state index in [9.17, 15) is 5.11 Å². The molecule has 0 spiro atoms. The van der Waals surface area contributed by atoms with E-state index in [4.69, 9.17) is 4.74 Å². The molecule has 1 aliphatic rings. The summed E-state index contributed by atoms with van der Waals surface area (Å²) >= 11 is 1.97. The molecule has 3 rings (SSSR count). The molecule has 2 aromatic rings. The van der Waals surface area contributed by atoms with Gasteiger partial charge in [-0.3, -0.25) is 4.90 Å². The highest BCUT2D eigenvalue weighted by atomic mass is 32.2. The molecule has 1 atom stereocenters. The number of benzene rings is 2. The minimum atomic E-state index is -0.463. The molecule has 29 heavy (non-hydrogen) atoms. The summed E-state index contributed by atoms with van der Waals surface area (Å²) in [4.78, 5) is 6.45. The average molecular weight is 415 g/mol. The second-order valence-electron chi connectivity index (χ2n) is 7.54. The van der Waals surface area contributed by atoms with Crippen molar-refractivity contribution in [3.63, 3.8) is 0 Å². The molecule has 158 valence electrons. The Bertz CT molecular complexity index is 747. The van der Waals surface area contributed by atoms with Crippen LogP contribution in [-0.4, -0.2) is 55.6 Å². The van der Waals surface area contributed by atoms with Crippen molar-refractivity contribution in [1.82, 2.24) is 4.90 Å². The minimum absolute atomic E-state index is 0.463. The monoisotopic (exact) mass is 414 g/mol. The lowest BCUT2D eigenvalue weighted by Gasteiger charge is -2.37. The smallest absolute Gasteiger partial charge is 0.124 e. The molecule has 5 heteroatoms. The van der Waals surface area contributed by atoms with Crippen LogP contribution in [0, 0.1) is 0 Å². The van der Waals surface area contributed by atoms with Crippen molar-refractivity contribution in [2.24, 2.45) is 0 Å². The topological polar surface area (TPSA) is 35.9 Å². The summed E-state index contributed by atoms with van der Waals surface area (Å²) in [7, 11) is 1.66. The van der Waals surface area contributed by atoms with Crippen LogP contribution in [0.15, 0.2) is 53.4 Å². The molecule has 1 heterocycles. The van der Waals surface area contributed by atoms with Crippen LogP contribution in [-0.2, 0) is 0 Å². The summed E-state index contributed by atoms with van der Waals surface area (Å²) in [5.41, 5.74) is 2.28. The molecule has 0 aromatic heterocycles. The molecule has 4 nitrogen and oxygen atoms in total. The lowest BCUT2D eigenvalue weighted by molar-refractivity contribution is 0.150. The van der Waals surface area contributed by atoms with Crippen LogP contribution in [0.4, 0.5) is 5.69 Å². The Morgan fingerprint density at radius 1 is 1.03 bits per heavy atom. The van der Waals surface area contributed by atoms with Crippen molar-refractivity contribution >= 4 is 17.4 Å². The lowest BCUT2D eigenvalue weighted by Crippen LogP contribution is -2.46. The average Bonchev–Trinajstić information content (AvgIpc) is 2.78. The fourth-order valence-electron chi connectivity index (χ4n) is 3.87. The zero-order chi connectivity index (χ0) is 20.5. The number of aliphatic hydroxyl groups is 1. The second kappa shape index (κ2) is 11.5. The van der Waals surface area contributed by atoms with Crippen molar-refractivity contribution in [1.29, 1.82) is 0 Å². The van der Waals surface area contributed by atoms with Crippen molar-refractivity contribution in [3.8, 4) is 5.75 Å². The second-order valence-corrected chi connectivity index (χ2v) is 8.68. The van der Waals surface area contributed by atoms with E-state index in [2.05, 4.69) is 41.0 Å². The van der Waals surface area contributed by atoms with Crippen molar-refractivity contribution in [3.05, 3.63) is 54.1 Å². The first-order valence-electron chi connectivity index (χ1n) is 10.7. The molecule has 0 radical (unpaired) electrons. The van der Waals surface area contributed by atoms with Crippen molar-refractivity contribution in [2.75, 3.05) is 50.5 Å². The fourth-order valence-corrected chi connectivity index (χ4v) is 4.81. The molecule has 2 aromatic carbocycles. The van der Waals surface area contributed by atoms with Gasteiger partial charge in [0.1, 0.15) is 5.75 Å². The summed E-state index contributed by atoms with van der Waals surface area (Å²) in [5, 5.41) is 10.5. The van der Waals surface area contributed by atoms with Gasteiger partial charge in [0.2, 0.25) is 0 Å². The number of para-hydroxylation sites is 2. The molecular weight excluding hydrogens is 380 g/mol. The molecule has 1 saturated heterocycles. The highest BCUT2D eigenvalue weighted by Gasteiger charge is 2.20. The summed E-state index contributed by atoms with van der Waals surface area (Å²) < 4.78 is 5.37. The molecule has 1 aliphatic heterocycles. The molecule has 0 amide bonds. The Morgan fingerprint density at radius 3 is 2.52 bits per heavy atom. The summed E-state index contributed by atoms with van der Waals surface area (Å²) in [6.07, 6.45) is 2.49. The van der Waals surface area contributed by atoms with Crippen LogP contribution >= 0.6 is 11.8 Å². The number of methoxy groups -OCH3 is 1.